The highest BCUT2D eigenvalue weighted by Crippen LogP contribution is 1.99. The minimum atomic E-state index is 0.695. The Balaban J connectivity index is 2.10. The van der Waals surface area contributed by atoms with Crippen molar-refractivity contribution >= 4 is 6.21 Å². The summed E-state index contributed by atoms with van der Waals surface area (Å²) in [6.45, 7) is 2.89. The highest BCUT2D eigenvalue weighted by molar-refractivity contribution is 5.74. The van der Waals surface area contributed by atoms with Gasteiger partial charge in [0.25, 0.3) is 0 Å². The van der Waals surface area contributed by atoms with Crippen LogP contribution in [0.25, 0.3) is 0 Å². The zero-order valence-electron chi connectivity index (χ0n) is 9.52. The molecule has 0 aliphatic rings. The molecule has 0 unspecified atom stereocenters. The van der Waals surface area contributed by atoms with E-state index in [1.54, 1.807) is 12.4 Å². The van der Waals surface area contributed by atoms with Crippen LogP contribution in [0.2, 0.25) is 0 Å². The van der Waals surface area contributed by atoms with Gasteiger partial charge in [0.05, 0.1) is 0 Å². The first-order valence-corrected chi connectivity index (χ1v) is 5.47. The molecule has 0 atom stereocenters. The van der Waals surface area contributed by atoms with E-state index in [1.807, 2.05) is 17.8 Å². The van der Waals surface area contributed by atoms with E-state index < -0.39 is 0 Å². The number of nitrogens with zero attached hydrogens (tertiary/aromatic N) is 3. The van der Waals surface area contributed by atoms with Gasteiger partial charge in [-0.15, -0.1) is 0 Å². The lowest BCUT2D eigenvalue weighted by Gasteiger charge is -1.98. The van der Waals surface area contributed by atoms with E-state index in [4.69, 9.17) is 4.84 Å². The zero-order valence-corrected chi connectivity index (χ0v) is 9.52. The molecule has 1 aromatic rings. The van der Waals surface area contributed by atoms with Gasteiger partial charge in [-0.3, -0.25) is 0 Å². The van der Waals surface area contributed by atoms with E-state index in [2.05, 4.69) is 17.1 Å². The number of hydrogen-bond acceptors (Lipinski definition) is 3. The molecule has 0 aliphatic heterocycles. The molecule has 0 N–H and O–H groups in total. The Morgan fingerprint density at radius 3 is 3.00 bits per heavy atom. The van der Waals surface area contributed by atoms with Crippen LogP contribution in [0.5, 0.6) is 0 Å². The summed E-state index contributed by atoms with van der Waals surface area (Å²) >= 11 is 0. The zero-order chi connectivity index (χ0) is 10.9. The molecule has 0 fully saturated rings. The summed E-state index contributed by atoms with van der Waals surface area (Å²) < 4.78 is 1.89. The van der Waals surface area contributed by atoms with E-state index in [1.165, 1.54) is 19.3 Å². The van der Waals surface area contributed by atoms with Crippen LogP contribution in [0, 0.1) is 0 Å². The molecule has 0 aliphatic carbocycles. The number of rotatable bonds is 7. The van der Waals surface area contributed by atoms with Gasteiger partial charge in [0, 0.05) is 19.4 Å². The Hall–Kier alpha value is -1.32. The molecule has 84 valence electrons. The van der Waals surface area contributed by atoms with Crippen molar-refractivity contribution in [3.63, 3.8) is 0 Å². The van der Waals surface area contributed by atoms with Crippen molar-refractivity contribution in [1.82, 2.24) is 9.55 Å². The standard InChI is InChI=1S/C11H19N3O/c1-3-4-5-6-9-15-13-10-11-12-7-8-14(11)2/h7-8,10H,3-6,9H2,1-2H3. The van der Waals surface area contributed by atoms with Gasteiger partial charge in [-0.2, -0.15) is 0 Å². The molecule has 4 nitrogen and oxygen atoms in total. The molecule has 4 heteroatoms. The molecule has 0 radical (unpaired) electrons. The topological polar surface area (TPSA) is 39.4 Å². The maximum Gasteiger partial charge on any atom is 0.154 e. The second kappa shape index (κ2) is 7.04. The fraction of sp³-hybridized carbons (Fsp3) is 0.636. The molecule has 1 heterocycles. The Morgan fingerprint density at radius 2 is 2.33 bits per heavy atom. The number of aryl methyl sites for hydroxylation is 1. The predicted molar refractivity (Wildman–Crippen MR) is 60.9 cm³/mol. The lowest BCUT2D eigenvalue weighted by molar-refractivity contribution is 0.141. The summed E-state index contributed by atoms with van der Waals surface area (Å²) in [5, 5.41) is 3.86. The summed E-state index contributed by atoms with van der Waals surface area (Å²) in [5.74, 6) is 0.809. The summed E-state index contributed by atoms with van der Waals surface area (Å²) in [7, 11) is 1.93. The number of hydrogen-bond donors (Lipinski definition) is 0. The van der Waals surface area contributed by atoms with E-state index in [-0.39, 0.29) is 0 Å². The van der Waals surface area contributed by atoms with Crippen LogP contribution in [0.15, 0.2) is 17.5 Å². The Kier molecular flexibility index (Phi) is 5.51. The van der Waals surface area contributed by atoms with Crippen LogP contribution >= 0.6 is 0 Å². The van der Waals surface area contributed by atoms with Gasteiger partial charge in [-0.25, -0.2) is 4.98 Å². The molecule has 0 bridgehead atoms. The first-order chi connectivity index (χ1) is 7.34. The van der Waals surface area contributed by atoms with Crippen molar-refractivity contribution in [3.8, 4) is 0 Å². The van der Waals surface area contributed by atoms with Gasteiger partial charge in [0.15, 0.2) is 5.82 Å². The van der Waals surface area contributed by atoms with Crippen LogP contribution in [0.1, 0.15) is 38.4 Å². The highest BCUT2D eigenvalue weighted by atomic mass is 16.6. The first kappa shape index (κ1) is 11.8. The highest BCUT2D eigenvalue weighted by Gasteiger charge is 1.93. The van der Waals surface area contributed by atoms with Crippen molar-refractivity contribution in [2.24, 2.45) is 12.2 Å². The molecular weight excluding hydrogens is 190 g/mol. The Bertz CT molecular complexity index is 294. The third-order valence-corrected chi connectivity index (χ3v) is 2.19. The summed E-state index contributed by atoms with van der Waals surface area (Å²) in [6.07, 6.45) is 10.1. The maximum absolute atomic E-state index is 5.12. The smallest absolute Gasteiger partial charge is 0.154 e. The fourth-order valence-electron chi connectivity index (χ4n) is 1.23. The molecular formula is C11H19N3O. The summed E-state index contributed by atoms with van der Waals surface area (Å²) in [4.78, 5) is 9.22. The molecule has 1 aromatic heterocycles. The molecule has 0 saturated heterocycles. The number of oxime groups is 1. The van der Waals surface area contributed by atoms with Crippen LogP contribution in [-0.2, 0) is 11.9 Å². The number of aromatic nitrogens is 2. The molecule has 0 aromatic carbocycles. The molecule has 1 rings (SSSR count). The van der Waals surface area contributed by atoms with Gasteiger partial charge >= 0.3 is 0 Å². The molecule has 15 heavy (non-hydrogen) atoms. The van der Waals surface area contributed by atoms with E-state index in [0.717, 1.165) is 12.2 Å². The molecule has 0 amide bonds. The minimum absolute atomic E-state index is 0.695. The average molecular weight is 209 g/mol. The minimum Gasteiger partial charge on any atom is -0.396 e. The SMILES string of the molecule is CCCCCCON=Cc1nccn1C. The maximum atomic E-state index is 5.12. The van der Waals surface area contributed by atoms with Gasteiger partial charge in [-0.05, 0) is 12.8 Å². The summed E-state index contributed by atoms with van der Waals surface area (Å²) in [6, 6.07) is 0. The average Bonchev–Trinajstić information content (AvgIpc) is 2.63. The largest absolute Gasteiger partial charge is 0.396 e. The van der Waals surface area contributed by atoms with Crippen LogP contribution in [0.3, 0.4) is 0 Å². The second-order valence-corrected chi connectivity index (χ2v) is 3.52. The van der Waals surface area contributed by atoms with Crippen LogP contribution in [-0.4, -0.2) is 22.4 Å². The number of unbranched alkanes of at least 4 members (excludes halogenated alkanes) is 3. The monoisotopic (exact) mass is 209 g/mol. The molecule has 0 saturated carbocycles. The third-order valence-electron chi connectivity index (χ3n) is 2.19. The molecule has 0 spiro atoms. The van der Waals surface area contributed by atoms with E-state index in [0.29, 0.717) is 6.61 Å². The van der Waals surface area contributed by atoms with Gasteiger partial charge < -0.3 is 9.40 Å². The normalized spacial score (nSPS) is 11.1. The first-order valence-electron chi connectivity index (χ1n) is 5.47. The van der Waals surface area contributed by atoms with Crippen molar-refractivity contribution in [2.45, 2.75) is 32.6 Å². The summed E-state index contributed by atoms with van der Waals surface area (Å²) in [5.41, 5.74) is 0. The Labute approximate surface area is 91.0 Å². The van der Waals surface area contributed by atoms with Gasteiger partial charge in [-0.1, -0.05) is 24.9 Å². The van der Waals surface area contributed by atoms with Crippen molar-refractivity contribution < 1.29 is 4.84 Å². The van der Waals surface area contributed by atoms with E-state index >= 15 is 0 Å². The fourth-order valence-corrected chi connectivity index (χ4v) is 1.23. The van der Waals surface area contributed by atoms with Crippen molar-refractivity contribution in [3.05, 3.63) is 18.2 Å². The lowest BCUT2D eigenvalue weighted by atomic mass is 10.2. The Morgan fingerprint density at radius 1 is 1.47 bits per heavy atom. The van der Waals surface area contributed by atoms with Crippen molar-refractivity contribution in [1.29, 1.82) is 0 Å². The predicted octanol–water partition coefficient (Wildman–Crippen LogP) is 2.35. The quantitative estimate of drug-likeness (QED) is 0.393. The van der Waals surface area contributed by atoms with Crippen molar-refractivity contribution in [2.75, 3.05) is 6.61 Å². The second-order valence-electron chi connectivity index (χ2n) is 3.52. The van der Waals surface area contributed by atoms with Crippen LogP contribution < -0.4 is 0 Å². The van der Waals surface area contributed by atoms with Crippen LogP contribution in [0.4, 0.5) is 0 Å². The van der Waals surface area contributed by atoms with Gasteiger partial charge in [0.2, 0.25) is 0 Å². The third kappa shape index (κ3) is 4.63. The van der Waals surface area contributed by atoms with Gasteiger partial charge in [0.1, 0.15) is 12.8 Å². The number of imidazole rings is 1. The van der Waals surface area contributed by atoms with E-state index in [9.17, 15) is 0 Å². The lowest BCUT2D eigenvalue weighted by Crippen LogP contribution is -1.96.